The zero-order valence-corrected chi connectivity index (χ0v) is 10.7. The minimum atomic E-state index is -0.811. The molecule has 0 saturated carbocycles. The first-order valence-electron chi connectivity index (χ1n) is 5.03. The van der Waals surface area contributed by atoms with Crippen LogP contribution in [0.5, 0.6) is 5.75 Å². The van der Waals surface area contributed by atoms with E-state index in [9.17, 15) is 4.79 Å². The molecule has 0 unspecified atom stereocenters. The smallest absolute Gasteiger partial charge is 0.320 e. The van der Waals surface area contributed by atoms with Crippen LogP contribution in [0.4, 0.5) is 0 Å². The van der Waals surface area contributed by atoms with Crippen molar-refractivity contribution in [3.63, 3.8) is 0 Å². The van der Waals surface area contributed by atoms with Gasteiger partial charge in [-0.15, -0.1) is 0 Å². The molecule has 2 rings (SSSR count). The molecule has 1 aliphatic rings. The molecule has 16 heavy (non-hydrogen) atoms. The average molecular weight is 333 g/mol. The molecule has 1 aromatic carbocycles. The lowest BCUT2D eigenvalue weighted by Crippen LogP contribution is -2.30. The van der Waals surface area contributed by atoms with Gasteiger partial charge in [-0.05, 0) is 46.9 Å². The summed E-state index contributed by atoms with van der Waals surface area (Å²) < 4.78 is 6.83. The van der Waals surface area contributed by atoms with Crippen LogP contribution in [-0.2, 0) is 4.79 Å². The highest BCUT2D eigenvalue weighted by Gasteiger charge is 2.30. The summed E-state index contributed by atoms with van der Waals surface area (Å²) in [7, 11) is 0. The SMILES string of the molecule is O=C(O)[C@@H]1C[C@H](Oc2ccc(I)cc2)CN1. The van der Waals surface area contributed by atoms with Crippen LogP contribution in [0.15, 0.2) is 24.3 Å². The number of carboxylic acids is 1. The molecule has 0 radical (unpaired) electrons. The minimum absolute atomic E-state index is 0.0545. The zero-order chi connectivity index (χ0) is 11.5. The van der Waals surface area contributed by atoms with E-state index in [0.717, 1.165) is 9.32 Å². The van der Waals surface area contributed by atoms with E-state index >= 15 is 0 Å². The molecule has 0 aromatic heterocycles. The van der Waals surface area contributed by atoms with E-state index in [0.29, 0.717) is 13.0 Å². The van der Waals surface area contributed by atoms with E-state index in [1.807, 2.05) is 24.3 Å². The highest BCUT2D eigenvalue weighted by atomic mass is 127. The van der Waals surface area contributed by atoms with Crippen molar-refractivity contribution in [3.8, 4) is 5.75 Å². The fraction of sp³-hybridized carbons (Fsp3) is 0.364. The largest absolute Gasteiger partial charge is 0.489 e. The first-order valence-corrected chi connectivity index (χ1v) is 6.11. The lowest BCUT2D eigenvalue weighted by Gasteiger charge is -2.12. The monoisotopic (exact) mass is 333 g/mol. The third-order valence-corrected chi connectivity index (χ3v) is 3.22. The average Bonchev–Trinajstić information content (AvgIpc) is 2.70. The van der Waals surface area contributed by atoms with Crippen molar-refractivity contribution in [2.75, 3.05) is 6.54 Å². The first-order chi connectivity index (χ1) is 7.65. The predicted octanol–water partition coefficient (Wildman–Crippen LogP) is 1.49. The number of halogens is 1. The van der Waals surface area contributed by atoms with Gasteiger partial charge in [-0.25, -0.2) is 0 Å². The normalized spacial score (nSPS) is 24.3. The van der Waals surface area contributed by atoms with E-state index in [4.69, 9.17) is 9.84 Å². The quantitative estimate of drug-likeness (QED) is 0.823. The van der Waals surface area contributed by atoms with Crippen LogP contribution in [0.1, 0.15) is 6.42 Å². The minimum Gasteiger partial charge on any atom is -0.489 e. The number of rotatable bonds is 3. The number of benzene rings is 1. The Kier molecular flexibility index (Phi) is 3.65. The second kappa shape index (κ2) is 5.01. The molecule has 1 aliphatic heterocycles. The molecule has 1 saturated heterocycles. The fourth-order valence-electron chi connectivity index (χ4n) is 1.69. The van der Waals surface area contributed by atoms with Crippen molar-refractivity contribution < 1.29 is 14.6 Å². The summed E-state index contributed by atoms with van der Waals surface area (Å²) in [5.41, 5.74) is 0. The third kappa shape index (κ3) is 2.85. The summed E-state index contributed by atoms with van der Waals surface area (Å²) in [6, 6.07) is 7.25. The van der Waals surface area contributed by atoms with E-state index in [2.05, 4.69) is 27.9 Å². The Morgan fingerprint density at radius 3 is 2.69 bits per heavy atom. The van der Waals surface area contributed by atoms with E-state index in [-0.39, 0.29) is 6.10 Å². The van der Waals surface area contributed by atoms with Crippen LogP contribution in [0.25, 0.3) is 0 Å². The molecule has 5 heteroatoms. The van der Waals surface area contributed by atoms with Gasteiger partial charge in [0.05, 0.1) is 0 Å². The maximum absolute atomic E-state index is 10.7. The van der Waals surface area contributed by atoms with Gasteiger partial charge in [0.15, 0.2) is 0 Å². The Morgan fingerprint density at radius 2 is 2.12 bits per heavy atom. The van der Waals surface area contributed by atoms with Gasteiger partial charge in [-0.3, -0.25) is 4.79 Å². The Labute approximate surface area is 107 Å². The lowest BCUT2D eigenvalue weighted by atomic mass is 10.2. The van der Waals surface area contributed by atoms with Crippen LogP contribution >= 0.6 is 22.6 Å². The highest BCUT2D eigenvalue weighted by molar-refractivity contribution is 14.1. The molecule has 86 valence electrons. The standard InChI is InChI=1S/C11H12INO3/c12-7-1-3-8(4-2-7)16-9-5-10(11(14)15)13-6-9/h1-4,9-10,13H,5-6H2,(H,14,15)/t9-,10-/m0/s1. The van der Waals surface area contributed by atoms with Crippen LogP contribution in [0, 0.1) is 3.57 Å². The van der Waals surface area contributed by atoms with Gasteiger partial charge in [0, 0.05) is 16.5 Å². The number of aliphatic carboxylic acids is 1. The van der Waals surface area contributed by atoms with Gasteiger partial charge in [-0.2, -0.15) is 0 Å². The van der Waals surface area contributed by atoms with Crippen molar-refractivity contribution in [2.24, 2.45) is 0 Å². The maximum atomic E-state index is 10.7. The second-order valence-electron chi connectivity index (χ2n) is 3.73. The van der Waals surface area contributed by atoms with Gasteiger partial charge in [0.2, 0.25) is 0 Å². The topological polar surface area (TPSA) is 58.6 Å². The summed E-state index contributed by atoms with van der Waals surface area (Å²) in [5.74, 6) is -0.0213. The van der Waals surface area contributed by atoms with Gasteiger partial charge >= 0.3 is 5.97 Å². The molecular formula is C11H12INO3. The Bertz CT molecular complexity index is 379. The number of nitrogens with one attached hydrogen (secondary N) is 1. The summed E-state index contributed by atoms with van der Waals surface area (Å²) in [4.78, 5) is 10.7. The van der Waals surface area contributed by atoms with E-state index < -0.39 is 12.0 Å². The van der Waals surface area contributed by atoms with Gasteiger partial charge in [0.1, 0.15) is 17.9 Å². The van der Waals surface area contributed by atoms with Crippen molar-refractivity contribution in [1.82, 2.24) is 5.32 Å². The van der Waals surface area contributed by atoms with Crippen LogP contribution in [0.3, 0.4) is 0 Å². The number of hydrogen-bond donors (Lipinski definition) is 2. The molecule has 2 N–H and O–H groups in total. The molecule has 0 amide bonds. The molecule has 1 fully saturated rings. The fourth-order valence-corrected chi connectivity index (χ4v) is 2.05. The van der Waals surface area contributed by atoms with Crippen molar-refractivity contribution in [2.45, 2.75) is 18.6 Å². The molecular weight excluding hydrogens is 321 g/mol. The number of carbonyl (C=O) groups is 1. The van der Waals surface area contributed by atoms with Crippen molar-refractivity contribution in [3.05, 3.63) is 27.8 Å². The van der Waals surface area contributed by atoms with Crippen LogP contribution < -0.4 is 10.1 Å². The summed E-state index contributed by atoms with van der Waals surface area (Å²) >= 11 is 2.23. The molecule has 1 heterocycles. The Hall–Kier alpha value is -0.820. The van der Waals surface area contributed by atoms with Gasteiger partial charge < -0.3 is 15.2 Å². The number of hydrogen-bond acceptors (Lipinski definition) is 3. The molecule has 1 aromatic rings. The van der Waals surface area contributed by atoms with Crippen molar-refractivity contribution >= 4 is 28.6 Å². The maximum Gasteiger partial charge on any atom is 0.320 e. The molecule has 2 atom stereocenters. The summed E-state index contributed by atoms with van der Waals surface area (Å²) in [5, 5.41) is 11.7. The molecule has 4 nitrogen and oxygen atoms in total. The second-order valence-corrected chi connectivity index (χ2v) is 4.97. The van der Waals surface area contributed by atoms with Crippen LogP contribution in [0.2, 0.25) is 0 Å². The van der Waals surface area contributed by atoms with Gasteiger partial charge in [0.25, 0.3) is 0 Å². The Balaban J connectivity index is 1.92. The Morgan fingerprint density at radius 1 is 1.44 bits per heavy atom. The first kappa shape index (κ1) is 11.7. The number of carboxylic acid groups (broad SMARTS) is 1. The summed E-state index contributed by atoms with van der Waals surface area (Å²) in [6.45, 7) is 0.586. The van der Waals surface area contributed by atoms with Gasteiger partial charge in [-0.1, -0.05) is 0 Å². The molecule has 0 spiro atoms. The lowest BCUT2D eigenvalue weighted by molar-refractivity contribution is -0.139. The number of ether oxygens (including phenoxy) is 1. The highest BCUT2D eigenvalue weighted by Crippen LogP contribution is 2.18. The van der Waals surface area contributed by atoms with E-state index in [1.165, 1.54) is 0 Å². The predicted molar refractivity (Wildman–Crippen MR) is 67.6 cm³/mol. The van der Waals surface area contributed by atoms with E-state index in [1.54, 1.807) is 0 Å². The summed E-state index contributed by atoms with van der Waals surface area (Å²) in [6.07, 6.45) is 0.461. The zero-order valence-electron chi connectivity index (χ0n) is 8.52. The van der Waals surface area contributed by atoms with Crippen LogP contribution in [-0.4, -0.2) is 29.8 Å². The molecule has 0 bridgehead atoms. The van der Waals surface area contributed by atoms with Crippen molar-refractivity contribution in [1.29, 1.82) is 0 Å². The third-order valence-electron chi connectivity index (χ3n) is 2.50. The molecule has 0 aliphatic carbocycles.